The minimum absolute atomic E-state index is 0.316. The number of carbonyl (C=O) groups is 1. The predicted octanol–water partition coefficient (Wildman–Crippen LogP) is 5.72. The molecule has 29 heavy (non-hydrogen) atoms. The van der Waals surface area contributed by atoms with Gasteiger partial charge in [0, 0.05) is 11.4 Å². The van der Waals surface area contributed by atoms with Gasteiger partial charge >= 0.3 is 5.97 Å². The number of rotatable bonds is 9. The summed E-state index contributed by atoms with van der Waals surface area (Å²) in [5.41, 5.74) is 2.55. The van der Waals surface area contributed by atoms with E-state index in [0.29, 0.717) is 48.3 Å². The third-order valence-electron chi connectivity index (χ3n) is 4.23. The number of carbonyl (C=O) groups excluding carboxylic acids is 1. The van der Waals surface area contributed by atoms with Crippen LogP contribution in [0.3, 0.4) is 0 Å². The van der Waals surface area contributed by atoms with Crippen LogP contribution in [0.15, 0.2) is 72.8 Å². The Kier molecular flexibility index (Phi) is 7.54. The fourth-order valence-electron chi connectivity index (χ4n) is 2.79. The second-order valence-corrected chi connectivity index (χ2v) is 6.82. The highest BCUT2D eigenvalue weighted by atomic mass is 35.5. The van der Waals surface area contributed by atoms with Gasteiger partial charge in [0.25, 0.3) is 0 Å². The van der Waals surface area contributed by atoms with Crippen molar-refractivity contribution in [1.82, 2.24) is 0 Å². The van der Waals surface area contributed by atoms with Crippen LogP contribution in [0.1, 0.15) is 28.4 Å². The Labute approximate surface area is 176 Å². The first-order chi connectivity index (χ1) is 14.2. The topological polar surface area (TPSA) is 44.8 Å². The highest BCUT2D eigenvalue weighted by molar-refractivity contribution is 6.30. The molecule has 0 amide bonds. The molecular weight excluding hydrogens is 388 g/mol. The number of halogens is 1. The molecule has 0 radical (unpaired) electrons. The fourth-order valence-corrected chi connectivity index (χ4v) is 3.00. The molecule has 0 spiro atoms. The van der Waals surface area contributed by atoms with Crippen molar-refractivity contribution in [2.45, 2.75) is 20.0 Å². The van der Waals surface area contributed by atoms with E-state index in [0.717, 1.165) is 11.1 Å². The highest BCUT2D eigenvalue weighted by Crippen LogP contribution is 2.30. The van der Waals surface area contributed by atoms with Gasteiger partial charge in [-0.2, -0.15) is 0 Å². The van der Waals surface area contributed by atoms with Crippen molar-refractivity contribution in [2.75, 3.05) is 13.2 Å². The van der Waals surface area contributed by atoms with Crippen LogP contribution in [-0.2, 0) is 17.8 Å². The van der Waals surface area contributed by atoms with Gasteiger partial charge in [0.05, 0.1) is 18.8 Å². The standard InChI is InChI=1S/C24H23ClO4/c1-2-27-24(26)20-11-12-22(29-17-19-7-4-3-5-8-19)23(16-20)28-14-13-18-9-6-10-21(25)15-18/h3-12,15-16H,2,13-14,17H2,1H3. The number of ether oxygens (including phenoxy) is 3. The zero-order valence-electron chi connectivity index (χ0n) is 16.3. The molecule has 5 heteroatoms. The van der Waals surface area contributed by atoms with Gasteiger partial charge in [0.2, 0.25) is 0 Å². The second-order valence-electron chi connectivity index (χ2n) is 6.38. The van der Waals surface area contributed by atoms with Crippen LogP contribution >= 0.6 is 11.6 Å². The summed E-state index contributed by atoms with van der Waals surface area (Å²) in [6.07, 6.45) is 0.683. The van der Waals surface area contributed by atoms with Crippen molar-refractivity contribution in [3.63, 3.8) is 0 Å². The molecule has 0 fully saturated rings. The fraction of sp³-hybridized carbons (Fsp3) is 0.208. The molecule has 4 nitrogen and oxygen atoms in total. The van der Waals surface area contributed by atoms with Crippen LogP contribution in [0.5, 0.6) is 11.5 Å². The summed E-state index contributed by atoms with van der Waals surface area (Å²) in [7, 11) is 0. The van der Waals surface area contributed by atoms with E-state index in [1.807, 2.05) is 54.6 Å². The molecule has 0 aliphatic carbocycles. The summed E-state index contributed by atoms with van der Waals surface area (Å²) in [6.45, 7) is 2.92. The van der Waals surface area contributed by atoms with Crippen LogP contribution in [0.4, 0.5) is 0 Å². The van der Waals surface area contributed by atoms with Crippen molar-refractivity contribution >= 4 is 17.6 Å². The maximum Gasteiger partial charge on any atom is 0.338 e. The van der Waals surface area contributed by atoms with Crippen LogP contribution in [0, 0.1) is 0 Å². The third kappa shape index (κ3) is 6.26. The molecule has 0 atom stereocenters. The summed E-state index contributed by atoms with van der Waals surface area (Å²) < 4.78 is 17.0. The van der Waals surface area contributed by atoms with Crippen molar-refractivity contribution in [3.8, 4) is 11.5 Å². The first-order valence-corrected chi connectivity index (χ1v) is 9.88. The van der Waals surface area contributed by atoms with Gasteiger partial charge in [0.1, 0.15) is 6.61 Å². The SMILES string of the molecule is CCOC(=O)c1ccc(OCc2ccccc2)c(OCCc2cccc(Cl)c2)c1. The quantitative estimate of drug-likeness (QED) is 0.423. The number of hydrogen-bond donors (Lipinski definition) is 0. The van der Waals surface area contributed by atoms with E-state index < -0.39 is 0 Å². The van der Waals surface area contributed by atoms with Crippen LogP contribution in [0.2, 0.25) is 5.02 Å². The number of esters is 1. The lowest BCUT2D eigenvalue weighted by molar-refractivity contribution is 0.0525. The Balaban J connectivity index is 1.72. The van der Waals surface area contributed by atoms with Gasteiger partial charge in [-0.1, -0.05) is 54.1 Å². The van der Waals surface area contributed by atoms with Crippen LogP contribution in [0.25, 0.3) is 0 Å². The third-order valence-corrected chi connectivity index (χ3v) is 4.46. The summed E-state index contributed by atoms with van der Waals surface area (Å²) >= 11 is 6.04. The van der Waals surface area contributed by atoms with Crippen LogP contribution in [-0.4, -0.2) is 19.2 Å². The van der Waals surface area contributed by atoms with Crippen molar-refractivity contribution in [2.24, 2.45) is 0 Å². The van der Waals surface area contributed by atoms with Gasteiger partial charge in [-0.05, 0) is 48.4 Å². The van der Waals surface area contributed by atoms with Crippen LogP contribution < -0.4 is 9.47 Å². The van der Waals surface area contributed by atoms with E-state index in [4.69, 9.17) is 25.8 Å². The van der Waals surface area contributed by atoms with Crippen molar-refractivity contribution in [1.29, 1.82) is 0 Å². The smallest absolute Gasteiger partial charge is 0.338 e. The van der Waals surface area contributed by atoms with Gasteiger partial charge in [-0.3, -0.25) is 0 Å². The Hall–Kier alpha value is -2.98. The average Bonchev–Trinajstić information content (AvgIpc) is 2.74. The summed E-state index contributed by atoms with van der Waals surface area (Å²) in [5.74, 6) is 0.698. The highest BCUT2D eigenvalue weighted by Gasteiger charge is 2.13. The van der Waals surface area contributed by atoms with E-state index in [1.165, 1.54) is 0 Å². The molecule has 0 bridgehead atoms. The zero-order chi connectivity index (χ0) is 20.5. The van der Waals surface area contributed by atoms with E-state index in [-0.39, 0.29) is 5.97 Å². The number of hydrogen-bond acceptors (Lipinski definition) is 4. The summed E-state index contributed by atoms with van der Waals surface area (Å²) in [4.78, 5) is 12.1. The van der Waals surface area contributed by atoms with Gasteiger partial charge in [-0.25, -0.2) is 4.79 Å². The predicted molar refractivity (Wildman–Crippen MR) is 114 cm³/mol. The largest absolute Gasteiger partial charge is 0.489 e. The Morgan fingerprint density at radius 1 is 0.862 bits per heavy atom. The van der Waals surface area contributed by atoms with Crippen molar-refractivity contribution < 1.29 is 19.0 Å². The van der Waals surface area contributed by atoms with E-state index in [9.17, 15) is 4.79 Å². The first-order valence-electron chi connectivity index (χ1n) is 9.51. The minimum atomic E-state index is -0.387. The first kappa shape index (κ1) is 20.7. The molecular formula is C24H23ClO4. The maximum atomic E-state index is 12.1. The molecule has 0 aliphatic heterocycles. The average molecular weight is 411 g/mol. The van der Waals surface area contributed by atoms with E-state index >= 15 is 0 Å². The molecule has 0 unspecified atom stereocenters. The van der Waals surface area contributed by atoms with Gasteiger partial charge in [-0.15, -0.1) is 0 Å². The molecule has 0 saturated heterocycles. The number of benzene rings is 3. The molecule has 0 aromatic heterocycles. The Morgan fingerprint density at radius 2 is 1.66 bits per heavy atom. The van der Waals surface area contributed by atoms with Crippen molar-refractivity contribution in [3.05, 3.63) is 94.5 Å². The molecule has 150 valence electrons. The zero-order valence-corrected chi connectivity index (χ0v) is 17.0. The molecule has 3 aromatic carbocycles. The van der Waals surface area contributed by atoms with Gasteiger partial charge in [0.15, 0.2) is 11.5 Å². The lowest BCUT2D eigenvalue weighted by Gasteiger charge is -2.14. The lowest BCUT2D eigenvalue weighted by atomic mass is 10.1. The maximum absolute atomic E-state index is 12.1. The van der Waals surface area contributed by atoms with E-state index in [2.05, 4.69) is 0 Å². The monoisotopic (exact) mass is 410 g/mol. The molecule has 0 aliphatic rings. The normalized spacial score (nSPS) is 10.4. The summed E-state index contributed by atoms with van der Waals surface area (Å²) in [6, 6.07) is 22.6. The second kappa shape index (κ2) is 10.5. The van der Waals surface area contributed by atoms with Gasteiger partial charge < -0.3 is 14.2 Å². The molecule has 0 heterocycles. The van der Waals surface area contributed by atoms with E-state index in [1.54, 1.807) is 25.1 Å². The lowest BCUT2D eigenvalue weighted by Crippen LogP contribution is -2.08. The Bertz CT molecular complexity index is 941. The molecule has 0 saturated carbocycles. The summed E-state index contributed by atoms with van der Waals surface area (Å²) in [5, 5.41) is 0.693. The Morgan fingerprint density at radius 3 is 2.41 bits per heavy atom. The molecule has 3 rings (SSSR count). The minimum Gasteiger partial charge on any atom is -0.489 e. The molecule has 3 aromatic rings. The molecule has 0 N–H and O–H groups in total.